The van der Waals surface area contributed by atoms with Crippen LogP contribution in [0.25, 0.3) is 17.0 Å². The Balaban J connectivity index is 1.69. The number of carbonyl (C=O) groups is 1. The maximum atomic E-state index is 12.3. The number of ether oxygens (including phenoxy) is 1. The second kappa shape index (κ2) is 9.36. The molecule has 154 valence electrons. The summed E-state index contributed by atoms with van der Waals surface area (Å²) in [5.74, 6) is 2.08. The summed E-state index contributed by atoms with van der Waals surface area (Å²) in [6, 6.07) is 9.26. The highest BCUT2D eigenvalue weighted by atomic mass is 16.5. The molecular formula is C21H28N6O2. The van der Waals surface area contributed by atoms with Gasteiger partial charge in [0.05, 0.1) is 12.8 Å². The van der Waals surface area contributed by atoms with Crippen molar-refractivity contribution in [1.29, 1.82) is 0 Å². The van der Waals surface area contributed by atoms with Gasteiger partial charge in [0.15, 0.2) is 0 Å². The first kappa shape index (κ1) is 20.6. The third-order valence-electron chi connectivity index (χ3n) is 4.65. The van der Waals surface area contributed by atoms with E-state index in [1.807, 2.05) is 37.3 Å². The predicted molar refractivity (Wildman–Crippen MR) is 113 cm³/mol. The van der Waals surface area contributed by atoms with Crippen LogP contribution in [0.1, 0.15) is 40.0 Å². The maximum absolute atomic E-state index is 12.3. The molecular weight excluding hydrogens is 368 g/mol. The van der Waals surface area contributed by atoms with Crippen LogP contribution in [-0.4, -0.2) is 38.8 Å². The number of nitrogens with one attached hydrogen (secondary N) is 2. The summed E-state index contributed by atoms with van der Waals surface area (Å²) in [4.78, 5) is 20.8. The van der Waals surface area contributed by atoms with E-state index in [1.165, 1.54) is 0 Å². The van der Waals surface area contributed by atoms with E-state index in [9.17, 15) is 4.79 Å². The monoisotopic (exact) mass is 396 g/mol. The average Bonchev–Trinajstić information content (AvgIpc) is 3.09. The first-order chi connectivity index (χ1) is 14.0. The van der Waals surface area contributed by atoms with Crippen LogP contribution in [0.5, 0.6) is 5.75 Å². The van der Waals surface area contributed by atoms with E-state index in [1.54, 1.807) is 17.8 Å². The predicted octanol–water partition coefficient (Wildman–Crippen LogP) is 4.14. The molecule has 1 atom stereocenters. The molecule has 2 aromatic heterocycles. The van der Waals surface area contributed by atoms with E-state index in [0.29, 0.717) is 11.7 Å². The van der Waals surface area contributed by atoms with Gasteiger partial charge in [-0.05, 0) is 49.6 Å². The lowest BCUT2D eigenvalue weighted by Crippen LogP contribution is -2.36. The second-order valence-corrected chi connectivity index (χ2v) is 7.53. The smallest absolute Gasteiger partial charge is 0.321 e. The number of urea groups is 1. The van der Waals surface area contributed by atoms with Crippen LogP contribution < -0.4 is 15.4 Å². The molecule has 0 aliphatic rings. The van der Waals surface area contributed by atoms with Gasteiger partial charge in [0.25, 0.3) is 11.7 Å². The highest BCUT2D eigenvalue weighted by Gasteiger charge is 2.13. The first-order valence-corrected chi connectivity index (χ1v) is 9.90. The van der Waals surface area contributed by atoms with Gasteiger partial charge in [-0.25, -0.2) is 9.78 Å². The van der Waals surface area contributed by atoms with Crippen LogP contribution >= 0.6 is 0 Å². The molecule has 0 spiro atoms. The zero-order valence-electron chi connectivity index (χ0n) is 17.3. The molecule has 0 radical (unpaired) electrons. The van der Waals surface area contributed by atoms with Crippen molar-refractivity contribution in [3.8, 4) is 17.0 Å². The molecule has 0 aliphatic carbocycles. The molecule has 8 heteroatoms. The second-order valence-electron chi connectivity index (χ2n) is 7.53. The number of carbonyl (C=O) groups excluding carboxylic acids is 1. The largest absolute Gasteiger partial charge is 0.497 e. The van der Waals surface area contributed by atoms with Gasteiger partial charge in [0.2, 0.25) is 0 Å². The summed E-state index contributed by atoms with van der Waals surface area (Å²) in [6.07, 6.45) is 4.85. The van der Waals surface area contributed by atoms with Crippen LogP contribution in [0, 0.1) is 5.92 Å². The number of aromatic nitrogens is 4. The zero-order valence-corrected chi connectivity index (χ0v) is 17.3. The Hall–Kier alpha value is -3.16. The standard InChI is InChI=1S/C21H28N6O2/c1-14(2)6-5-7-15(3)23-21(28)25-19-24-20-22-13-12-18(27(20)26-19)16-8-10-17(29-4)11-9-16/h8-15H,5-7H2,1-4H3,(H2,23,25,26,28). The number of hydrogen-bond acceptors (Lipinski definition) is 5. The van der Waals surface area contributed by atoms with Crippen molar-refractivity contribution in [3.63, 3.8) is 0 Å². The van der Waals surface area contributed by atoms with Crippen LogP contribution in [0.15, 0.2) is 36.5 Å². The Morgan fingerprint density at radius 2 is 1.90 bits per heavy atom. The summed E-state index contributed by atoms with van der Waals surface area (Å²) in [5.41, 5.74) is 1.76. The minimum Gasteiger partial charge on any atom is -0.497 e. The summed E-state index contributed by atoms with van der Waals surface area (Å²) in [6.45, 7) is 6.41. The molecule has 29 heavy (non-hydrogen) atoms. The van der Waals surface area contributed by atoms with E-state index < -0.39 is 0 Å². The number of rotatable bonds is 8. The molecule has 1 unspecified atom stereocenters. The molecule has 0 saturated heterocycles. The summed E-state index contributed by atoms with van der Waals surface area (Å²) in [5, 5.41) is 10.0. The van der Waals surface area contributed by atoms with E-state index in [-0.39, 0.29) is 18.0 Å². The normalized spacial score (nSPS) is 12.2. The molecule has 2 heterocycles. The Bertz CT molecular complexity index is 951. The van der Waals surface area contributed by atoms with Crippen LogP contribution in [0.3, 0.4) is 0 Å². The van der Waals surface area contributed by atoms with Crippen LogP contribution in [0.2, 0.25) is 0 Å². The molecule has 1 aromatic carbocycles. The molecule has 8 nitrogen and oxygen atoms in total. The minimum atomic E-state index is -0.316. The van der Waals surface area contributed by atoms with Crippen molar-refractivity contribution in [2.24, 2.45) is 5.92 Å². The molecule has 3 rings (SSSR count). The van der Waals surface area contributed by atoms with Gasteiger partial charge in [-0.1, -0.05) is 26.7 Å². The Morgan fingerprint density at radius 3 is 2.59 bits per heavy atom. The summed E-state index contributed by atoms with van der Waals surface area (Å²) < 4.78 is 6.82. The van der Waals surface area contributed by atoms with Crippen molar-refractivity contribution in [3.05, 3.63) is 36.5 Å². The molecule has 2 N–H and O–H groups in total. The summed E-state index contributed by atoms with van der Waals surface area (Å²) in [7, 11) is 1.63. The lowest BCUT2D eigenvalue weighted by molar-refractivity contribution is 0.248. The third-order valence-corrected chi connectivity index (χ3v) is 4.65. The molecule has 3 aromatic rings. The van der Waals surface area contributed by atoms with Gasteiger partial charge in [0, 0.05) is 17.8 Å². The van der Waals surface area contributed by atoms with Gasteiger partial charge in [-0.15, -0.1) is 5.10 Å². The fraction of sp³-hybridized carbons (Fsp3) is 0.429. The molecule has 2 amide bonds. The Morgan fingerprint density at radius 1 is 1.14 bits per heavy atom. The SMILES string of the molecule is COc1ccc(-c2ccnc3nc(NC(=O)NC(C)CCCC(C)C)nn23)cc1. The zero-order chi connectivity index (χ0) is 20.8. The fourth-order valence-electron chi connectivity index (χ4n) is 3.09. The number of hydrogen-bond donors (Lipinski definition) is 2. The number of anilines is 1. The number of methoxy groups -OCH3 is 1. The lowest BCUT2D eigenvalue weighted by atomic mass is 10.0. The van der Waals surface area contributed by atoms with Crippen molar-refractivity contribution in [2.45, 2.75) is 46.1 Å². The van der Waals surface area contributed by atoms with Crippen LogP contribution in [-0.2, 0) is 0 Å². The van der Waals surface area contributed by atoms with Crippen molar-refractivity contribution < 1.29 is 9.53 Å². The minimum absolute atomic E-state index is 0.0822. The van der Waals surface area contributed by atoms with Crippen LogP contribution in [0.4, 0.5) is 10.7 Å². The van der Waals surface area contributed by atoms with E-state index in [4.69, 9.17) is 4.74 Å². The Kier molecular flexibility index (Phi) is 6.64. The quantitative estimate of drug-likeness (QED) is 0.597. The molecule has 0 bridgehead atoms. The number of amides is 2. The number of nitrogens with zero attached hydrogens (tertiary/aromatic N) is 4. The van der Waals surface area contributed by atoms with E-state index in [2.05, 4.69) is 39.5 Å². The van der Waals surface area contributed by atoms with Gasteiger partial charge < -0.3 is 10.1 Å². The number of fused-ring (bicyclic) bond motifs is 1. The number of benzene rings is 1. The van der Waals surface area contributed by atoms with Gasteiger partial charge in [0.1, 0.15) is 5.75 Å². The Labute approximate surface area is 170 Å². The summed E-state index contributed by atoms with van der Waals surface area (Å²) >= 11 is 0. The third kappa shape index (κ3) is 5.43. The molecule has 0 fully saturated rings. The lowest BCUT2D eigenvalue weighted by Gasteiger charge is -2.14. The topological polar surface area (TPSA) is 93.4 Å². The maximum Gasteiger partial charge on any atom is 0.321 e. The van der Waals surface area contributed by atoms with Crippen molar-refractivity contribution in [2.75, 3.05) is 12.4 Å². The van der Waals surface area contributed by atoms with Gasteiger partial charge in [-0.2, -0.15) is 9.50 Å². The van der Waals surface area contributed by atoms with E-state index in [0.717, 1.165) is 36.3 Å². The highest BCUT2D eigenvalue weighted by Crippen LogP contribution is 2.22. The van der Waals surface area contributed by atoms with Crippen molar-refractivity contribution in [1.82, 2.24) is 24.9 Å². The van der Waals surface area contributed by atoms with Crippen molar-refractivity contribution >= 4 is 17.8 Å². The fourth-order valence-corrected chi connectivity index (χ4v) is 3.09. The molecule has 0 aliphatic heterocycles. The van der Waals surface area contributed by atoms with Gasteiger partial charge >= 0.3 is 6.03 Å². The average molecular weight is 396 g/mol. The van der Waals surface area contributed by atoms with E-state index >= 15 is 0 Å². The first-order valence-electron chi connectivity index (χ1n) is 9.90. The van der Waals surface area contributed by atoms with Gasteiger partial charge in [-0.3, -0.25) is 5.32 Å². The highest BCUT2D eigenvalue weighted by molar-refractivity contribution is 5.87. The molecule has 0 saturated carbocycles.